The molecular weight excluding hydrogens is 449 g/mol. The first-order valence-corrected chi connectivity index (χ1v) is 12.7. The van der Waals surface area contributed by atoms with Gasteiger partial charge in [0, 0.05) is 17.1 Å². The number of carbonyl (C=O) groups is 1. The molecule has 8 heteroatoms. The van der Waals surface area contributed by atoms with E-state index in [2.05, 4.69) is 10.1 Å². The first-order valence-electron chi connectivity index (χ1n) is 11.8. The first kappa shape index (κ1) is 22.8. The average molecular weight is 478 g/mol. The van der Waals surface area contributed by atoms with E-state index in [-0.39, 0.29) is 17.2 Å². The van der Waals surface area contributed by atoms with Crippen molar-refractivity contribution in [3.05, 3.63) is 58.7 Å². The van der Waals surface area contributed by atoms with Crippen molar-refractivity contribution >= 4 is 39.8 Å². The number of rotatable bonds is 5. The van der Waals surface area contributed by atoms with E-state index < -0.39 is 5.91 Å². The molecule has 0 bridgehead atoms. The molecule has 2 aliphatic heterocycles. The Kier molecular flexibility index (Phi) is 6.25. The summed E-state index contributed by atoms with van der Waals surface area (Å²) >= 11 is 1.40. The molecule has 0 radical (unpaired) electrons. The maximum Gasteiger partial charge on any atom is 0.283 e. The number of aryl methyl sites for hydroxylation is 1. The highest BCUT2D eigenvalue weighted by Crippen LogP contribution is 2.33. The normalized spacial score (nSPS) is 20.1. The molecule has 176 valence electrons. The predicted molar refractivity (Wildman–Crippen MR) is 136 cm³/mol. The highest BCUT2D eigenvalue weighted by atomic mass is 32.2. The second kappa shape index (κ2) is 9.33. The summed E-state index contributed by atoms with van der Waals surface area (Å²) < 4.78 is 15.7. The summed E-state index contributed by atoms with van der Waals surface area (Å²) in [7, 11) is 0. The van der Waals surface area contributed by atoms with Crippen molar-refractivity contribution in [2.75, 3.05) is 0 Å². The summed E-state index contributed by atoms with van der Waals surface area (Å²) in [5.41, 5.74) is 3.49. The third kappa shape index (κ3) is 4.39. The van der Waals surface area contributed by atoms with Crippen LogP contribution in [0.3, 0.4) is 0 Å². The molecule has 0 spiro atoms. The Balaban J connectivity index is 1.38. The van der Waals surface area contributed by atoms with Crippen LogP contribution < -0.4 is 0 Å². The molecule has 0 atom stereocenters. The van der Waals surface area contributed by atoms with Gasteiger partial charge < -0.3 is 4.57 Å². The summed E-state index contributed by atoms with van der Waals surface area (Å²) in [6.07, 6.45) is 10.2. The number of fused-ring (bicyclic) bond motifs is 1. The first-order chi connectivity index (χ1) is 16.4. The van der Waals surface area contributed by atoms with Gasteiger partial charge in [0.25, 0.3) is 5.91 Å². The van der Waals surface area contributed by atoms with Crippen LogP contribution in [0.4, 0.5) is 4.39 Å². The standard InChI is InChI=1S/C26H28FN5OS/c1-16-13-19(17(2)31(16)21-10-6-9-20(27)15-21)14-22-24(28)32-26(29-25(22)33)34-23(30-32)12-11-18-7-4-3-5-8-18/h6,9-10,13-15,18,28H,3-5,7-8,11-12H2,1-2H3/b22-14+,28-24?. The number of amidine groups is 2. The summed E-state index contributed by atoms with van der Waals surface area (Å²) in [6.45, 7) is 3.85. The van der Waals surface area contributed by atoms with Crippen molar-refractivity contribution in [2.45, 2.75) is 58.8 Å². The summed E-state index contributed by atoms with van der Waals surface area (Å²) in [4.78, 5) is 17.1. The number of nitrogens with zero attached hydrogens (tertiary/aromatic N) is 4. The van der Waals surface area contributed by atoms with Gasteiger partial charge in [0.1, 0.15) is 10.9 Å². The van der Waals surface area contributed by atoms with E-state index in [9.17, 15) is 9.18 Å². The second-order valence-electron chi connectivity index (χ2n) is 9.20. The van der Waals surface area contributed by atoms with Crippen LogP contribution in [0.15, 0.2) is 46.0 Å². The molecule has 1 aromatic carbocycles. The molecule has 0 saturated heterocycles. The molecule has 6 nitrogen and oxygen atoms in total. The van der Waals surface area contributed by atoms with Gasteiger partial charge in [-0.3, -0.25) is 10.2 Å². The van der Waals surface area contributed by atoms with Gasteiger partial charge in [-0.15, -0.1) is 0 Å². The third-order valence-electron chi connectivity index (χ3n) is 6.82. The lowest BCUT2D eigenvalue weighted by molar-refractivity contribution is -0.114. The average Bonchev–Trinajstić information content (AvgIpc) is 3.35. The van der Waals surface area contributed by atoms with Gasteiger partial charge in [0.05, 0.1) is 5.57 Å². The zero-order valence-electron chi connectivity index (χ0n) is 19.5. The highest BCUT2D eigenvalue weighted by Gasteiger charge is 2.35. The van der Waals surface area contributed by atoms with E-state index in [4.69, 9.17) is 5.41 Å². The van der Waals surface area contributed by atoms with Crippen molar-refractivity contribution in [3.63, 3.8) is 0 Å². The van der Waals surface area contributed by atoms with Crippen LogP contribution in [0.2, 0.25) is 0 Å². The van der Waals surface area contributed by atoms with E-state index in [1.54, 1.807) is 12.1 Å². The number of aromatic nitrogens is 1. The number of benzene rings is 1. The van der Waals surface area contributed by atoms with Crippen LogP contribution in [-0.4, -0.2) is 31.5 Å². The maximum absolute atomic E-state index is 13.8. The van der Waals surface area contributed by atoms with E-state index in [1.165, 1.54) is 61.0 Å². The quantitative estimate of drug-likeness (QED) is 0.520. The van der Waals surface area contributed by atoms with Gasteiger partial charge >= 0.3 is 0 Å². The Morgan fingerprint density at radius 1 is 1.21 bits per heavy atom. The Labute approximate surface area is 203 Å². The number of carbonyl (C=O) groups excluding carboxylic acids is 1. The fourth-order valence-electron chi connectivity index (χ4n) is 5.04. The molecule has 1 aromatic heterocycles. The zero-order valence-corrected chi connectivity index (χ0v) is 20.3. The Morgan fingerprint density at radius 2 is 2.00 bits per heavy atom. The highest BCUT2D eigenvalue weighted by molar-refractivity contribution is 8.26. The lowest BCUT2D eigenvalue weighted by Gasteiger charge is -2.20. The summed E-state index contributed by atoms with van der Waals surface area (Å²) in [5.74, 6) is 0.0648. The Hall–Kier alpha value is -3.00. The largest absolute Gasteiger partial charge is 0.318 e. The fraction of sp³-hybridized carbons (Fsp3) is 0.385. The van der Waals surface area contributed by atoms with Crippen molar-refractivity contribution in [3.8, 4) is 5.69 Å². The van der Waals surface area contributed by atoms with Gasteiger partial charge in [-0.25, -0.2) is 4.39 Å². The number of amides is 1. The number of hydrazone groups is 1. The van der Waals surface area contributed by atoms with Crippen molar-refractivity contribution in [2.24, 2.45) is 16.0 Å². The zero-order chi connectivity index (χ0) is 23.8. The summed E-state index contributed by atoms with van der Waals surface area (Å²) in [5, 5.41) is 16.2. The lowest BCUT2D eigenvalue weighted by atomic mass is 9.86. The molecule has 2 aromatic rings. The SMILES string of the molecule is Cc1cc(/C=C2\C(=N)N3N=C(CCC4CCCCC4)SC3=NC2=O)c(C)n1-c1cccc(F)c1. The van der Waals surface area contributed by atoms with E-state index >= 15 is 0 Å². The molecule has 1 N–H and O–H groups in total. The minimum atomic E-state index is -0.428. The molecule has 1 saturated carbocycles. The van der Waals surface area contributed by atoms with Gasteiger partial charge in [-0.05, 0) is 80.3 Å². The van der Waals surface area contributed by atoms with E-state index in [0.29, 0.717) is 10.9 Å². The number of thioether (sulfide) groups is 1. The number of nitrogens with one attached hydrogen (secondary N) is 1. The number of aliphatic imine (C=N–C) groups is 1. The van der Waals surface area contributed by atoms with E-state index in [1.807, 2.05) is 30.5 Å². The van der Waals surface area contributed by atoms with Gasteiger partial charge in [0.15, 0.2) is 5.84 Å². The van der Waals surface area contributed by atoms with Crippen molar-refractivity contribution in [1.29, 1.82) is 5.41 Å². The molecule has 1 fully saturated rings. The van der Waals surface area contributed by atoms with Gasteiger partial charge in [-0.2, -0.15) is 15.1 Å². The predicted octanol–water partition coefficient (Wildman–Crippen LogP) is 6.21. The van der Waals surface area contributed by atoms with Gasteiger partial charge in [-0.1, -0.05) is 38.2 Å². The molecule has 5 rings (SSSR count). The van der Waals surface area contributed by atoms with Crippen LogP contribution in [0.1, 0.15) is 61.9 Å². The summed E-state index contributed by atoms with van der Waals surface area (Å²) in [6, 6.07) is 8.34. The molecular formula is C26H28FN5OS. The molecule has 3 heterocycles. The number of hydrogen-bond acceptors (Lipinski definition) is 4. The molecule has 1 aliphatic carbocycles. The van der Waals surface area contributed by atoms with Crippen LogP contribution >= 0.6 is 11.8 Å². The van der Waals surface area contributed by atoms with Crippen LogP contribution in [0, 0.1) is 31.0 Å². The fourth-order valence-corrected chi connectivity index (χ4v) is 5.94. The minimum Gasteiger partial charge on any atom is -0.318 e. The Bertz CT molecular complexity index is 1250. The molecule has 1 amide bonds. The topological polar surface area (TPSA) is 73.8 Å². The number of hydrogen-bond donors (Lipinski definition) is 1. The van der Waals surface area contributed by atoms with Gasteiger partial charge in [0.2, 0.25) is 5.17 Å². The third-order valence-corrected chi connectivity index (χ3v) is 7.79. The second-order valence-corrected chi connectivity index (χ2v) is 10.2. The maximum atomic E-state index is 13.8. The number of halogens is 1. The Morgan fingerprint density at radius 3 is 2.76 bits per heavy atom. The van der Waals surface area contributed by atoms with Crippen molar-refractivity contribution in [1.82, 2.24) is 9.58 Å². The smallest absolute Gasteiger partial charge is 0.283 e. The van der Waals surface area contributed by atoms with Crippen LogP contribution in [-0.2, 0) is 4.79 Å². The van der Waals surface area contributed by atoms with E-state index in [0.717, 1.165) is 40.8 Å². The minimum absolute atomic E-state index is 0.0470. The molecule has 3 aliphatic rings. The van der Waals surface area contributed by atoms with Crippen molar-refractivity contribution < 1.29 is 9.18 Å². The molecule has 0 unspecified atom stereocenters. The molecule has 34 heavy (non-hydrogen) atoms. The monoisotopic (exact) mass is 477 g/mol. The van der Waals surface area contributed by atoms with Crippen LogP contribution in [0.5, 0.6) is 0 Å². The van der Waals surface area contributed by atoms with Crippen LogP contribution in [0.25, 0.3) is 11.8 Å². The lowest BCUT2D eigenvalue weighted by Crippen LogP contribution is -2.35.